The maximum atomic E-state index is 14.2. The zero-order valence-corrected chi connectivity index (χ0v) is 25.3. The van der Waals surface area contributed by atoms with Crippen molar-refractivity contribution in [2.45, 2.75) is 45.6 Å². The van der Waals surface area contributed by atoms with E-state index in [-0.39, 0.29) is 51.1 Å². The van der Waals surface area contributed by atoms with Gasteiger partial charge in [-0.3, -0.25) is 14.4 Å². The van der Waals surface area contributed by atoms with E-state index < -0.39 is 34.6 Å². The van der Waals surface area contributed by atoms with Gasteiger partial charge < -0.3 is 29.5 Å². The maximum Gasteiger partial charge on any atom is 0.249 e. The third-order valence-corrected chi connectivity index (χ3v) is 8.49. The van der Waals surface area contributed by atoms with E-state index in [1.54, 1.807) is 37.9 Å². The fourth-order valence-corrected chi connectivity index (χ4v) is 5.89. The van der Waals surface area contributed by atoms with Gasteiger partial charge in [-0.05, 0) is 70.4 Å². The fraction of sp³-hybridized carbons (Fsp3) is 0.323. The van der Waals surface area contributed by atoms with Gasteiger partial charge in [0.05, 0.1) is 18.2 Å². The van der Waals surface area contributed by atoms with E-state index in [0.717, 1.165) is 11.3 Å². The average molecular weight is 606 g/mol. The largest absolute Gasteiger partial charge is 0.507 e. The van der Waals surface area contributed by atoms with Crippen molar-refractivity contribution in [3.8, 4) is 34.4 Å². The lowest BCUT2D eigenvalue weighted by Crippen LogP contribution is -2.41. The lowest BCUT2D eigenvalue weighted by molar-refractivity contribution is -0.123. The first-order valence-corrected chi connectivity index (χ1v) is 14.9. The molecule has 3 N–H and O–H groups in total. The number of aromatic nitrogens is 2. The summed E-state index contributed by atoms with van der Waals surface area (Å²) < 4.78 is 16.7. The molecule has 0 bridgehead atoms. The van der Waals surface area contributed by atoms with Crippen LogP contribution in [0.5, 0.6) is 23.0 Å². The Bertz CT molecular complexity index is 1720. The first-order chi connectivity index (χ1) is 20.4. The number of phenolic OH excluding ortho intramolecular Hbond substituents is 2. The average Bonchev–Trinajstić information content (AvgIpc) is 3.58. The second kappa shape index (κ2) is 11.3. The predicted octanol–water partition coefficient (Wildman–Crippen LogP) is 4.71. The van der Waals surface area contributed by atoms with Gasteiger partial charge in [0.25, 0.3) is 0 Å². The molecule has 12 heteroatoms. The Balaban J connectivity index is 1.54. The van der Waals surface area contributed by atoms with E-state index in [1.165, 1.54) is 26.8 Å². The molecule has 0 amide bonds. The molecule has 0 radical (unpaired) electrons. The van der Waals surface area contributed by atoms with Gasteiger partial charge in [-0.15, -0.1) is 0 Å². The van der Waals surface area contributed by atoms with Crippen molar-refractivity contribution in [2.24, 2.45) is 0 Å². The standard InChI is InChI=1S/C31H31N3O8S/c1-14-25(37)23(16(3)35)27-24(26(14)38)31(4)21(41-27)13-20(36)22(28(31)39)15(2)32-19(11-12-43-6)30-33-29(34-42-30)17-7-9-18(40-5)10-8-17/h7-10,13,19,32,37-38H,11-12H2,1-6H3. The molecular formula is C31H31N3O8S. The minimum Gasteiger partial charge on any atom is -0.507 e. The number of allylic oxidation sites excluding steroid dienone is 4. The third-order valence-electron chi connectivity index (χ3n) is 7.85. The van der Waals surface area contributed by atoms with Gasteiger partial charge in [0.15, 0.2) is 17.3 Å². The van der Waals surface area contributed by atoms with E-state index in [9.17, 15) is 24.6 Å². The molecule has 1 aliphatic carbocycles. The summed E-state index contributed by atoms with van der Waals surface area (Å²) in [5.41, 5.74) is -0.858. The van der Waals surface area contributed by atoms with E-state index in [2.05, 4.69) is 15.5 Å². The summed E-state index contributed by atoms with van der Waals surface area (Å²) in [5.74, 6) is -0.671. The molecule has 224 valence electrons. The van der Waals surface area contributed by atoms with Crippen LogP contribution < -0.4 is 14.8 Å². The molecule has 43 heavy (non-hydrogen) atoms. The van der Waals surface area contributed by atoms with Crippen molar-refractivity contribution in [1.82, 2.24) is 15.5 Å². The van der Waals surface area contributed by atoms with Gasteiger partial charge in [-0.1, -0.05) is 5.16 Å². The van der Waals surface area contributed by atoms with Crippen molar-refractivity contribution >= 4 is 29.1 Å². The van der Waals surface area contributed by atoms with Gasteiger partial charge in [-0.2, -0.15) is 16.7 Å². The minimum absolute atomic E-state index is 0.0290. The Morgan fingerprint density at radius 2 is 1.86 bits per heavy atom. The van der Waals surface area contributed by atoms with E-state index in [1.807, 2.05) is 18.4 Å². The van der Waals surface area contributed by atoms with Crippen molar-refractivity contribution in [3.63, 3.8) is 0 Å². The van der Waals surface area contributed by atoms with Crippen LogP contribution in [0.3, 0.4) is 0 Å². The highest BCUT2D eigenvalue weighted by atomic mass is 32.2. The number of thioether (sulfide) groups is 1. The van der Waals surface area contributed by atoms with Crippen LogP contribution in [0.4, 0.5) is 0 Å². The molecule has 11 nitrogen and oxygen atoms in total. The molecule has 2 atom stereocenters. The number of hydrogen-bond acceptors (Lipinski definition) is 12. The highest BCUT2D eigenvalue weighted by Gasteiger charge is 2.56. The molecule has 0 spiro atoms. The molecule has 0 saturated carbocycles. The number of aromatic hydroxyl groups is 2. The zero-order valence-electron chi connectivity index (χ0n) is 24.5. The first-order valence-electron chi connectivity index (χ1n) is 13.5. The van der Waals surface area contributed by atoms with Crippen molar-refractivity contribution in [2.75, 3.05) is 19.1 Å². The molecule has 2 aromatic carbocycles. The van der Waals surface area contributed by atoms with Gasteiger partial charge in [0.2, 0.25) is 11.7 Å². The van der Waals surface area contributed by atoms with Crippen LogP contribution in [0.1, 0.15) is 60.6 Å². The number of hydrogen-bond donors (Lipinski definition) is 3. The number of ketones is 3. The fourth-order valence-electron chi connectivity index (χ4n) is 5.42. The summed E-state index contributed by atoms with van der Waals surface area (Å²) in [4.78, 5) is 44.6. The number of methoxy groups -OCH3 is 1. The Hall–Kier alpha value is -4.58. The van der Waals surface area contributed by atoms with Crippen molar-refractivity contribution < 1.29 is 38.6 Å². The summed E-state index contributed by atoms with van der Waals surface area (Å²) >= 11 is 1.61. The number of fused-ring (bicyclic) bond motifs is 3. The third kappa shape index (κ3) is 4.85. The van der Waals surface area contributed by atoms with E-state index >= 15 is 0 Å². The molecule has 2 unspecified atom stereocenters. The predicted molar refractivity (Wildman–Crippen MR) is 158 cm³/mol. The number of carbonyl (C=O) groups excluding carboxylic acids is 3. The van der Waals surface area contributed by atoms with Gasteiger partial charge in [-0.25, -0.2) is 0 Å². The number of phenols is 2. The van der Waals surface area contributed by atoms with Crippen molar-refractivity contribution in [3.05, 3.63) is 70.0 Å². The van der Waals surface area contributed by atoms with Crippen LogP contribution in [0, 0.1) is 6.92 Å². The summed E-state index contributed by atoms with van der Waals surface area (Å²) in [5, 5.41) is 29.0. The topological polar surface area (TPSA) is 161 Å². The number of nitrogens with zero attached hydrogens (tertiary/aromatic N) is 2. The molecule has 1 aliphatic heterocycles. The summed E-state index contributed by atoms with van der Waals surface area (Å²) in [6.07, 6.45) is 3.69. The second-order valence-corrected chi connectivity index (χ2v) is 11.5. The van der Waals surface area contributed by atoms with Gasteiger partial charge in [0.1, 0.15) is 45.8 Å². The number of rotatable bonds is 9. The van der Waals surface area contributed by atoms with Gasteiger partial charge in [0, 0.05) is 22.9 Å². The number of carbonyl (C=O) groups is 3. The minimum atomic E-state index is -1.62. The lowest BCUT2D eigenvalue weighted by Gasteiger charge is -2.29. The normalized spacial score (nSPS) is 19.3. The van der Waals surface area contributed by atoms with Crippen LogP contribution in [0.2, 0.25) is 0 Å². The summed E-state index contributed by atoms with van der Waals surface area (Å²) in [6, 6.07) is 6.67. The maximum absolute atomic E-state index is 14.2. The quantitative estimate of drug-likeness (QED) is 0.175. The number of ether oxygens (including phenoxy) is 2. The summed E-state index contributed by atoms with van der Waals surface area (Å²) in [7, 11) is 1.58. The SMILES string of the molecule is COc1ccc(-c2noc(C(CCSC)NC(C)=C3C(=O)C=C4Oc5c(C(C)=O)c(O)c(C)c(O)c5C4(C)C3=O)n2)cc1. The molecule has 5 rings (SSSR count). The molecule has 0 saturated heterocycles. The number of nitrogens with one attached hydrogen (secondary N) is 1. The van der Waals surface area contributed by atoms with Crippen LogP contribution in [0.15, 0.2) is 51.9 Å². The van der Waals surface area contributed by atoms with Crippen molar-refractivity contribution in [1.29, 1.82) is 0 Å². The molecule has 1 aromatic heterocycles. The summed E-state index contributed by atoms with van der Waals surface area (Å²) in [6.45, 7) is 5.81. The highest BCUT2D eigenvalue weighted by molar-refractivity contribution is 7.98. The smallest absolute Gasteiger partial charge is 0.249 e. The Kier molecular flexibility index (Phi) is 7.82. The van der Waals surface area contributed by atoms with Gasteiger partial charge >= 0.3 is 0 Å². The Morgan fingerprint density at radius 1 is 1.16 bits per heavy atom. The first kappa shape index (κ1) is 29.9. The molecule has 2 heterocycles. The zero-order chi connectivity index (χ0) is 31.2. The van der Waals surface area contributed by atoms with Crippen LogP contribution >= 0.6 is 11.8 Å². The van der Waals surface area contributed by atoms with Crippen LogP contribution in [0.25, 0.3) is 11.4 Å². The van der Waals surface area contributed by atoms with E-state index in [0.29, 0.717) is 18.0 Å². The number of Topliss-reactive ketones (excluding diaryl/α,β-unsaturated/α-hetero) is 2. The van der Waals surface area contributed by atoms with Crippen LogP contribution in [-0.4, -0.2) is 56.8 Å². The Morgan fingerprint density at radius 3 is 2.49 bits per heavy atom. The second-order valence-electron chi connectivity index (χ2n) is 10.5. The highest BCUT2D eigenvalue weighted by Crippen LogP contribution is 2.57. The van der Waals surface area contributed by atoms with Crippen LogP contribution in [-0.2, 0) is 15.0 Å². The molecule has 0 fully saturated rings. The number of benzene rings is 2. The monoisotopic (exact) mass is 605 g/mol. The molecule has 2 aliphatic rings. The van der Waals surface area contributed by atoms with E-state index in [4.69, 9.17) is 14.0 Å². The molecule has 3 aromatic rings. The molecular weight excluding hydrogens is 574 g/mol. The Labute approximate surface area is 252 Å². The lowest BCUT2D eigenvalue weighted by atomic mass is 9.70.